The van der Waals surface area contributed by atoms with Gasteiger partial charge in [0, 0.05) is 35.3 Å². The first-order valence-corrected chi connectivity index (χ1v) is 11.0. The van der Waals surface area contributed by atoms with Crippen LogP contribution in [0.25, 0.3) is 10.9 Å². The van der Waals surface area contributed by atoms with E-state index in [9.17, 15) is 0 Å². The van der Waals surface area contributed by atoms with Crippen molar-refractivity contribution >= 4 is 22.4 Å². The van der Waals surface area contributed by atoms with E-state index in [4.69, 9.17) is 15.5 Å². The van der Waals surface area contributed by atoms with Crippen LogP contribution in [-0.2, 0) is 6.42 Å². The van der Waals surface area contributed by atoms with Gasteiger partial charge in [-0.15, -0.1) is 0 Å². The van der Waals surface area contributed by atoms with Crippen molar-refractivity contribution in [3.05, 3.63) is 23.8 Å². The summed E-state index contributed by atoms with van der Waals surface area (Å²) in [6, 6.07) is 7.54. The van der Waals surface area contributed by atoms with Crippen molar-refractivity contribution in [1.82, 2.24) is 9.88 Å². The van der Waals surface area contributed by atoms with Crippen molar-refractivity contribution < 1.29 is 4.74 Å². The summed E-state index contributed by atoms with van der Waals surface area (Å²) in [6.07, 6.45) is 7.74. The molecule has 2 aromatic rings. The van der Waals surface area contributed by atoms with Gasteiger partial charge < -0.3 is 15.4 Å². The standard InChI is InChI=1S/C23H30N4O/c1-28-15-6-8-19-18(12-15)21(24)17-7-9-20-16-5-3-11-26-10-2-4-14(22(16)26)13-27(20)23(17)25-19/h6,8,12,14,16,20,22H,2-5,7,9-11,13H2,1H3,(H2,24,25)/t14-,16-,20-,22+/m1/s1. The van der Waals surface area contributed by atoms with E-state index >= 15 is 0 Å². The summed E-state index contributed by atoms with van der Waals surface area (Å²) in [7, 11) is 1.70. The molecule has 5 heteroatoms. The first kappa shape index (κ1) is 16.9. The lowest BCUT2D eigenvalue weighted by molar-refractivity contribution is -0.0142. The molecule has 1 aromatic heterocycles. The Hall–Kier alpha value is -2.01. The first-order valence-electron chi connectivity index (χ1n) is 11.0. The smallest absolute Gasteiger partial charge is 0.134 e. The van der Waals surface area contributed by atoms with Crippen LogP contribution in [-0.4, -0.2) is 48.7 Å². The Labute approximate surface area is 166 Å². The van der Waals surface area contributed by atoms with Crippen LogP contribution < -0.4 is 15.4 Å². The predicted octanol–water partition coefficient (Wildman–Crippen LogP) is 3.45. The molecule has 5 heterocycles. The maximum absolute atomic E-state index is 6.69. The number of nitrogens with zero attached hydrogens (tertiary/aromatic N) is 3. The Bertz CT molecular complexity index is 926. The van der Waals surface area contributed by atoms with Crippen LogP contribution in [0.15, 0.2) is 18.2 Å². The summed E-state index contributed by atoms with van der Waals surface area (Å²) >= 11 is 0. The van der Waals surface area contributed by atoms with Gasteiger partial charge >= 0.3 is 0 Å². The zero-order valence-electron chi connectivity index (χ0n) is 16.7. The van der Waals surface area contributed by atoms with Crippen molar-refractivity contribution in [1.29, 1.82) is 0 Å². The van der Waals surface area contributed by atoms with E-state index in [0.29, 0.717) is 6.04 Å². The lowest BCUT2D eigenvalue weighted by atomic mass is 9.68. The fraction of sp³-hybridized carbons (Fsp3) is 0.609. The van der Waals surface area contributed by atoms with Crippen molar-refractivity contribution in [3.63, 3.8) is 0 Å². The SMILES string of the molecule is COc1ccc2nc3c(c(N)c2c1)CC[C@@H]1[C@H]2CCCN4CCC[C@H](CN31)[C@@H]24. The van der Waals surface area contributed by atoms with Gasteiger partial charge in [0.1, 0.15) is 11.6 Å². The molecule has 3 fully saturated rings. The minimum Gasteiger partial charge on any atom is -0.497 e. The van der Waals surface area contributed by atoms with E-state index in [-0.39, 0.29) is 0 Å². The quantitative estimate of drug-likeness (QED) is 0.824. The number of hydrogen-bond donors (Lipinski definition) is 1. The number of hydrogen-bond acceptors (Lipinski definition) is 5. The Morgan fingerprint density at radius 2 is 2.00 bits per heavy atom. The van der Waals surface area contributed by atoms with Gasteiger partial charge in [0.05, 0.1) is 12.6 Å². The van der Waals surface area contributed by atoms with Crippen LogP contribution in [0.4, 0.5) is 11.5 Å². The summed E-state index contributed by atoms with van der Waals surface area (Å²) in [5.41, 5.74) is 9.85. The number of pyridine rings is 1. The van der Waals surface area contributed by atoms with Gasteiger partial charge in [-0.25, -0.2) is 4.98 Å². The van der Waals surface area contributed by atoms with Crippen LogP contribution in [0.3, 0.4) is 0 Å². The first-order chi connectivity index (χ1) is 13.7. The second-order valence-corrected chi connectivity index (χ2v) is 9.20. The molecule has 4 aliphatic heterocycles. The highest BCUT2D eigenvalue weighted by Crippen LogP contribution is 2.48. The Balaban J connectivity index is 1.45. The maximum atomic E-state index is 6.69. The highest BCUT2D eigenvalue weighted by molar-refractivity contribution is 5.95. The van der Waals surface area contributed by atoms with Crippen LogP contribution >= 0.6 is 0 Å². The highest BCUT2D eigenvalue weighted by Gasteiger charge is 2.50. The normalized spacial score (nSPS) is 31.8. The number of piperidine rings is 3. The molecule has 0 spiro atoms. The van der Waals surface area contributed by atoms with E-state index in [1.807, 2.05) is 12.1 Å². The number of fused-ring (bicyclic) bond motifs is 5. The molecule has 6 rings (SSSR count). The van der Waals surface area contributed by atoms with Gasteiger partial charge in [0.15, 0.2) is 0 Å². The number of anilines is 2. The molecule has 4 aliphatic rings. The average molecular weight is 379 g/mol. The number of ether oxygens (including phenoxy) is 1. The number of rotatable bonds is 1. The molecular formula is C23H30N4O. The van der Waals surface area contributed by atoms with E-state index in [2.05, 4.69) is 15.9 Å². The van der Waals surface area contributed by atoms with Gasteiger partial charge in [0.2, 0.25) is 0 Å². The third-order valence-electron chi connectivity index (χ3n) is 7.95. The fourth-order valence-corrected chi connectivity index (χ4v) is 6.80. The molecule has 28 heavy (non-hydrogen) atoms. The van der Waals surface area contributed by atoms with Gasteiger partial charge in [-0.2, -0.15) is 0 Å². The van der Waals surface area contributed by atoms with Gasteiger partial charge in [0.25, 0.3) is 0 Å². The number of nitrogens with two attached hydrogens (primary N) is 1. The number of methoxy groups -OCH3 is 1. The molecule has 0 saturated carbocycles. The van der Waals surface area contributed by atoms with Gasteiger partial charge in [-0.1, -0.05) is 0 Å². The third kappa shape index (κ3) is 2.32. The van der Waals surface area contributed by atoms with Crippen LogP contribution in [0, 0.1) is 11.8 Å². The molecule has 4 atom stereocenters. The summed E-state index contributed by atoms with van der Waals surface area (Å²) in [5, 5.41) is 1.04. The predicted molar refractivity (Wildman–Crippen MR) is 113 cm³/mol. The molecule has 0 aliphatic carbocycles. The summed E-state index contributed by atoms with van der Waals surface area (Å²) in [4.78, 5) is 10.6. The van der Waals surface area contributed by atoms with Crippen molar-refractivity contribution in [2.45, 2.75) is 50.6 Å². The number of benzene rings is 1. The van der Waals surface area contributed by atoms with Gasteiger partial charge in [-0.05, 0) is 81.6 Å². The van der Waals surface area contributed by atoms with Crippen LogP contribution in [0.1, 0.15) is 37.7 Å². The molecule has 0 radical (unpaired) electrons. The Morgan fingerprint density at radius 1 is 1.14 bits per heavy atom. The van der Waals surface area contributed by atoms with Crippen LogP contribution in [0.5, 0.6) is 5.75 Å². The van der Waals surface area contributed by atoms with Crippen molar-refractivity contribution in [2.24, 2.45) is 11.8 Å². The molecule has 3 saturated heterocycles. The molecule has 0 unspecified atom stereocenters. The summed E-state index contributed by atoms with van der Waals surface area (Å²) in [5.74, 6) is 3.61. The number of nitrogen functional groups attached to an aromatic ring is 1. The molecule has 1 aromatic carbocycles. The van der Waals surface area contributed by atoms with Crippen LogP contribution in [0.2, 0.25) is 0 Å². The van der Waals surface area contributed by atoms with Gasteiger partial charge in [-0.3, -0.25) is 4.90 Å². The Kier molecular flexibility index (Phi) is 3.77. The maximum Gasteiger partial charge on any atom is 0.134 e. The monoisotopic (exact) mass is 378 g/mol. The summed E-state index contributed by atoms with van der Waals surface area (Å²) in [6.45, 7) is 3.79. The zero-order valence-corrected chi connectivity index (χ0v) is 16.7. The summed E-state index contributed by atoms with van der Waals surface area (Å²) < 4.78 is 5.41. The van der Waals surface area contributed by atoms with E-state index < -0.39 is 0 Å². The zero-order chi connectivity index (χ0) is 18.8. The lowest BCUT2D eigenvalue weighted by Crippen LogP contribution is -2.65. The van der Waals surface area contributed by atoms with Crippen molar-refractivity contribution in [3.8, 4) is 5.75 Å². The van der Waals surface area contributed by atoms with E-state index in [1.54, 1.807) is 7.11 Å². The fourth-order valence-electron chi connectivity index (χ4n) is 6.80. The molecule has 5 nitrogen and oxygen atoms in total. The minimum absolute atomic E-state index is 0.636. The topological polar surface area (TPSA) is 54.6 Å². The molecule has 2 N–H and O–H groups in total. The third-order valence-corrected chi connectivity index (χ3v) is 7.95. The molecular weight excluding hydrogens is 348 g/mol. The highest BCUT2D eigenvalue weighted by atomic mass is 16.5. The molecule has 0 bridgehead atoms. The second-order valence-electron chi connectivity index (χ2n) is 9.20. The molecule has 0 amide bonds. The lowest BCUT2D eigenvalue weighted by Gasteiger charge is -2.59. The largest absolute Gasteiger partial charge is 0.497 e. The van der Waals surface area contributed by atoms with Crippen molar-refractivity contribution in [2.75, 3.05) is 37.4 Å². The number of aromatic nitrogens is 1. The molecule has 148 valence electrons. The Morgan fingerprint density at radius 3 is 2.86 bits per heavy atom. The van der Waals surface area contributed by atoms with E-state index in [1.165, 1.54) is 56.6 Å². The minimum atomic E-state index is 0.636. The average Bonchev–Trinajstić information content (AvgIpc) is 2.74. The second kappa shape index (κ2) is 6.24. The van der Waals surface area contributed by atoms with E-state index in [0.717, 1.165) is 53.2 Å².